The summed E-state index contributed by atoms with van der Waals surface area (Å²) in [4.78, 5) is 16.8. The zero-order valence-electron chi connectivity index (χ0n) is 15.1. The van der Waals surface area contributed by atoms with E-state index in [4.69, 9.17) is 4.42 Å². The third-order valence-electron chi connectivity index (χ3n) is 4.26. The van der Waals surface area contributed by atoms with E-state index in [2.05, 4.69) is 15.4 Å². The molecule has 0 radical (unpaired) electrons. The van der Waals surface area contributed by atoms with Crippen LogP contribution in [0.2, 0.25) is 0 Å². The summed E-state index contributed by atoms with van der Waals surface area (Å²) >= 11 is 0. The van der Waals surface area contributed by atoms with Crippen LogP contribution in [0.1, 0.15) is 21.8 Å². The molecule has 2 aromatic heterocycles. The van der Waals surface area contributed by atoms with Gasteiger partial charge in [-0.15, -0.1) is 0 Å². The van der Waals surface area contributed by atoms with Crippen LogP contribution in [0.4, 0.5) is 10.1 Å². The highest BCUT2D eigenvalue weighted by Crippen LogP contribution is 2.24. The Kier molecular flexibility index (Phi) is 4.72. The lowest BCUT2D eigenvalue weighted by molar-refractivity contribution is 0.102. The first-order valence-corrected chi connectivity index (χ1v) is 8.69. The average molecular weight is 376 g/mol. The summed E-state index contributed by atoms with van der Waals surface area (Å²) in [5.41, 5.74) is 2.62. The lowest BCUT2D eigenvalue weighted by Gasteiger charge is -2.05. The largest absolute Gasteiger partial charge is 0.441 e. The van der Waals surface area contributed by atoms with Crippen LogP contribution in [0, 0.1) is 12.7 Å². The van der Waals surface area contributed by atoms with Gasteiger partial charge >= 0.3 is 0 Å². The van der Waals surface area contributed by atoms with Crippen LogP contribution in [0.5, 0.6) is 0 Å². The van der Waals surface area contributed by atoms with Crippen molar-refractivity contribution in [3.8, 4) is 11.5 Å². The predicted octanol–water partition coefficient (Wildman–Crippen LogP) is 4.29. The number of hydrogen-bond acceptors (Lipinski definition) is 4. The van der Waals surface area contributed by atoms with Gasteiger partial charge in [0.2, 0.25) is 5.89 Å². The number of nitrogens with zero attached hydrogens (tertiary/aromatic N) is 3. The summed E-state index contributed by atoms with van der Waals surface area (Å²) in [6.07, 6.45) is 3.58. The summed E-state index contributed by atoms with van der Waals surface area (Å²) in [5, 5.41) is 6.96. The molecule has 4 rings (SSSR count). The number of aromatic nitrogens is 3. The molecule has 28 heavy (non-hydrogen) atoms. The van der Waals surface area contributed by atoms with Gasteiger partial charge < -0.3 is 9.73 Å². The minimum Gasteiger partial charge on any atom is -0.441 e. The average Bonchev–Trinajstić information content (AvgIpc) is 3.33. The van der Waals surface area contributed by atoms with Gasteiger partial charge in [-0.3, -0.25) is 9.48 Å². The fourth-order valence-electron chi connectivity index (χ4n) is 2.75. The number of anilines is 1. The number of oxazole rings is 1. The summed E-state index contributed by atoms with van der Waals surface area (Å²) in [5.74, 6) is 0.561. The molecule has 7 heteroatoms. The Balaban J connectivity index is 1.47. The Hall–Kier alpha value is -3.74. The minimum atomic E-state index is -0.380. The van der Waals surface area contributed by atoms with E-state index in [1.165, 1.54) is 24.3 Å². The number of aryl methyl sites for hydroxylation is 1. The Morgan fingerprint density at radius 1 is 1.14 bits per heavy atom. The van der Waals surface area contributed by atoms with E-state index >= 15 is 0 Å². The van der Waals surface area contributed by atoms with E-state index < -0.39 is 0 Å². The molecule has 0 unspecified atom stereocenters. The standard InChI is InChI=1S/C21H17FN4O2/c1-14-19(13-26-12-2-11-23-26)25-21(28-14)16-5-9-18(10-6-16)24-20(27)15-3-7-17(22)8-4-15/h2-12H,13H2,1H3,(H,24,27). The molecule has 0 saturated heterocycles. The minimum absolute atomic E-state index is 0.304. The second-order valence-corrected chi connectivity index (χ2v) is 6.26. The van der Waals surface area contributed by atoms with E-state index in [0.717, 1.165) is 17.0 Å². The Morgan fingerprint density at radius 2 is 1.89 bits per heavy atom. The molecular formula is C21H17FN4O2. The highest BCUT2D eigenvalue weighted by molar-refractivity contribution is 6.04. The molecule has 0 aliphatic heterocycles. The molecule has 1 N–H and O–H groups in total. The van der Waals surface area contributed by atoms with Crippen LogP contribution in [-0.4, -0.2) is 20.7 Å². The molecule has 2 aromatic carbocycles. The Labute approximate surface area is 160 Å². The van der Waals surface area contributed by atoms with Crippen LogP contribution in [-0.2, 0) is 6.54 Å². The van der Waals surface area contributed by atoms with Crippen molar-refractivity contribution in [1.29, 1.82) is 0 Å². The molecule has 0 spiro atoms. The first-order valence-electron chi connectivity index (χ1n) is 8.69. The third kappa shape index (κ3) is 3.83. The molecule has 6 nitrogen and oxygen atoms in total. The van der Waals surface area contributed by atoms with Gasteiger partial charge in [-0.25, -0.2) is 9.37 Å². The normalized spacial score (nSPS) is 10.8. The van der Waals surface area contributed by atoms with Gasteiger partial charge in [-0.05, 0) is 61.5 Å². The number of amides is 1. The first-order chi connectivity index (χ1) is 13.6. The summed E-state index contributed by atoms with van der Waals surface area (Å²) < 4.78 is 20.5. The zero-order chi connectivity index (χ0) is 19.5. The number of carbonyl (C=O) groups excluding carboxylic acids is 1. The van der Waals surface area contributed by atoms with E-state index in [0.29, 0.717) is 23.7 Å². The van der Waals surface area contributed by atoms with Crippen LogP contribution < -0.4 is 5.32 Å². The molecule has 2 heterocycles. The van der Waals surface area contributed by atoms with Crippen molar-refractivity contribution in [2.24, 2.45) is 0 Å². The molecule has 0 bridgehead atoms. The summed E-state index contributed by atoms with van der Waals surface area (Å²) in [7, 11) is 0. The van der Waals surface area contributed by atoms with Crippen LogP contribution in [0.25, 0.3) is 11.5 Å². The van der Waals surface area contributed by atoms with Gasteiger partial charge in [0.1, 0.15) is 17.3 Å². The van der Waals surface area contributed by atoms with Gasteiger partial charge in [0.05, 0.1) is 6.54 Å². The van der Waals surface area contributed by atoms with E-state index in [1.54, 1.807) is 23.0 Å². The molecule has 0 fully saturated rings. The van der Waals surface area contributed by atoms with Crippen molar-refractivity contribution in [1.82, 2.24) is 14.8 Å². The molecule has 1 amide bonds. The molecule has 140 valence electrons. The quantitative estimate of drug-likeness (QED) is 0.564. The first kappa shape index (κ1) is 17.7. The summed E-state index contributed by atoms with van der Waals surface area (Å²) in [6.45, 7) is 2.40. The number of carbonyl (C=O) groups is 1. The SMILES string of the molecule is Cc1oc(-c2ccc(NC(=O)c3ccc(F)cc3)cc2)nc1Cn1cccn1. The topological polar surface area (TPSA) is 73.0 Å². The predicted molar refractivity (Wildman–Crippen MR) is 102 cm³/mol. The number of nitrogens with one attached hydrogen (secondary N) is 1. The summed E-state index contributed by atoms with van der Waals surface area (Å²) in [6, 6.07) is 14.4. The van der Waals surface area contributed by atoms with Crippen LogP contribution in [0.15, 0.2) is 71.4 Å². The number of rotatable bonds is 5. The van der Waals surface area contributed by atoms with Crippen LogP contribution >= 0.6 is 0 Å². The second kappa shape index (κ2) is 7.48. The van der Waals surface area contributed by atoms with E-state index in [-0.39, 0.29) is 11.7 Å². The number of halogens is 1. The number of hydrogen-bond donors (Lipinski definition) is 1. The van der Waals surface area contributed by atoms with Gasteiger partial charge in [0, 0.05) is 29.2 Å². The molecule has 0 aliphatic rings. The van der Waals surface area contributed by atoms with Gasteiger partial charge in [0.25, 0.3) is 5.91 Å². The van der Waals surface area contributed by atoms with Gasteiger partial charge in [-0.1, -0.05) is 0 Å². The lowest BCUT2D eigenvalue weighted by Crippen LogP contribution is -2.11. The van der Waals surface area contributed by atoms with Crippen molar-refractivity contribution in [3.63, 3.8) is 0 Å². The maximum Gasteiger partial charge on any atom is 0.255 e. The maximum absolute atomic E-state index is 13.0. The zero-order valence-corrected chi connectivity index (χ0v) is 15.1. The number of benzene rings is 2. The van der Waals surface area contributed by atoms with Gasteiger partial charge in [-0.2, -0.15) is 5.10 Å². The molecule has 0 saturated carbocycles. The maximum atomic E-state index is 13.0. The Morgan fingerprint density at radius 3 is 2.57 bits per heavy atom. The smallest absolute Gasteiger partial charge is 0.255 e. The van der Waals surface area contributed by atoms with Crippen LogP contribution in [0.3, 0.4) is 0 Å². The molecule has 4 aromatic rings. The van der Waals surface area contributed by atoms with Crippen molar-refractivity contribution in [2.75, 3.05) is 5.32 Å². The van der Waals surface area contributed by atoms with Crippen molar-refractivity contribution in [3.05, 3.63) is 89.8 Å². The van der Waals surface area contributed by atoms with Crippen molar-refractivity contribution >= 4 is 11.6 Å². The second-order valence-electron chi connectivity index (χ2n) is 6.26. The molecule has 0 aliphatic carbocycles. The molecule has 0 atom stereocenters. The van der Waals surface area contributed by atoms with E-state index in [9.17, 15) is 9.18 Å². The fourth-order valence-corrected chi connectivity index (χ4v) is 2.75. The van der Waals surface area contributed by atoms with Gasteiger partial charge in [0.15, 0.2) is 0 Å². The van der Waals surface area contributed by atoms with E-state index in [1.807, 2.05) is 31.3 Å². The highest BCUT2D eigenvalue weighted by atomic mass is 19.1. The Bertz CT molecular complexity index is 1080. The monoisotopic (exact) mass is 376 g/mol. The lowest BCUT2D eigenvalue weighted by atomic mass is 10.2. The third-order valence-corrected chi connectivity index (χ3v) is 4.26. The van der Waals surface area contributed by atoms with Crippen molar-refractivity contribution in [2.45, 2.75) is 13.5 Å². The fraction of sp³-hybridized carbons (Fsp3) is 0.0952. The molecular weight excluding hydrogens is 359 g/mol. The van der Waals surface area contributed by atoms with Crippen molar-refractivity contribution < 1.29 is 13.6 Å². The highest BCUT2D eigenvalue weighted by Gasteiger charge is 2.13.